The molecule has 6 heteroatoms. The number of rotatable bonds is 4. The predicted octanol–water partition coefficient (Wildman–Crippen LogP) is 5.00. The third kappa shape index (κ3) is 3.53. The first-order chi connectivity index (χ1) is 13.6. The zero-order valence-corrected chi connectivity index (χ0v) is 17.4. The number of ether oxygens (including phenoxy) is 1. The minimum atomic E-state index is -0.0551. The molecule has 1 aliphatic rings. The molecule has 3 aromatic rings. The fourth-order valence-electron chi connectivity index (χ4n) is 3.41. The van der Waals surface area contributed by atoms with E-state index in [2.05, 4.69) is 23.5 Å². The van der Waals surface area contributed by atoms with Gasteiger partial charge in [-0.2, -0.15) is 0 Å². The van der Waals surface area contributed by atoms with Gasteiger partial charge in [0.1, 0.15) is 5.75 Å². The summed E-state index contributed by atoms with van der Waals surface area (Å²) in [7, 11) is 3.69. The molecule has 1 aromatic heterocycles. The molecule has 0 aliphatic carbocycles. The number of amides is 1. The highest BCUT2D eigenvalue weighted by atomic mass is 35.5. The summed E-state index contributed by atoms with van der Waals surface area (Å²) in [6.07, 6.45) is 0.783. The van der Waals surface area contributed by atoms with Gasteiger partial charge in [-0.05, 0) is 48.5 Å². The van der Waals surface area contributed by atoms with E-state index in [0.717, 1.165) is 34.7 Å². The molecule has 0 fully saturated rings. The van der Waals surface area contributed by atoms with Crippen LogP contribution >= 0.6 is 22.9 Å². The Morgan fingerprint density at radius 3 is 2.86 bits per heavy atom. The maximum absolute atomic E-state index is 13.1. The van der Waals surface area contributed by atoms with E-state index in [9.17, 15) is 4.79 Å². The number of carbonyl (C=O) groups is 1. The highest BCUT2D eigenvalue weighted by molar-refractivity contribution is 7.17. The van der Waals surface area contributed by atoms with Crippen LogP contribution in [0.25, 0.3) is 10.4 Å². The molecule has 1 amide bonds. The summed E-state index contributed by atoms with van der Waals surface area (Å²) >= 11 is 7.79. The average molecular weight is 413 g/mol. The first-order valence-corrected chi connectivity index (χ1v) is 10.3. The first-order valence-electron chi connectivity index (χ1n) is 9.14. The Bertz CT molecular complexity index is 1030. The van der Waals surface area contributed by atoms with Gasteiger partial charge in [-0.3, -0.25) is 4.79 Å². The largest absolute Gasteiger partial charge is 0.493 e. The molecule has 0 unspecified atom stereocenters. The summed E-state index contributed by atoms with van der Waals surface area (Å²) in [6.45, 7) is 1.40. The molecule has 0 saturated carbocycles. The van der Waals surface area contributed by atoms with Crippen LogP contribution in [0.3, 0.4) is 0 Å². The zero-order chi connectivity index (χ0) is 19.7. The van der Waals surface area contributed by atoms with Crippen molar-refractivity contribution in [2.75, 3.05) is 25.6 Å². The lowest BCUT2D eigenvalue weighted by atomic mass is 10.1. The van der Waals surface area contributed by atoms with Crippen molar-refractivity contribution in [3.8, 4) is 16.2 Å². The van der Waals surface area contributed by atoms with Gasteiger partial charge in [-0.15, -0.1) is 11.3 Å². The van der Waals surface area contributed by atoms with Gasteiger partial charge in [0.15, 0.2) is 0 Å². The molecule has 28 heavy (non-hydrogen) atoms. The number of thiophene rings is 1. The molecule has 2 heterocycles. The Balaban J connectivity index is 1.69. The number of halogens is 1. The van der Waals surface area contributed by atoms with Gasteiger partial charge < -0.3 is 15.0 Å². The molecule has 0 atom stereocenters. The third-order valence-corrected chi connectivity index (χ3v) is 6.36. The van der Waals surface area contributed by atoms with Crippen LogP contribution in [0, 0.1) is 0 Å². The van der Waals surface area contributed by atoms with Gasteiger partial charge in [-0.25, -0.2) is 0 Å². The van der Waals surface area contributed by atoms with E-state index in [-0.39, 0.29) is 5.91 Å². The van der Waals surface area contributed by atoms with E-state index in [4.69, 9.17) is 16.3 Å². The lowest BCUT2D eigenvalue weighted by Crippen LogP contribution is -2.25. The maximum Gasteiger partial charge on any atom is 0.268 e. The molecular weight excluding hydrogens is 392 g/mol. The smallest absolute Gasteiger partial charge is 0.268 e. The number of hydrogen-bond donors (Lipinski definition) is 1. The van der Waals surface area contributed by atoms with Crippen LogP contribution in [0.5, 0.6) is 5.75 Å². The van der Waals surface area contributed by atoms with Crippen molar-refractivity contribution in [1.82, 2.24) is 5.32 Å². The lowest BCUT2D eigenvalue weighted by Gasteiger charge is -2.17. The van der Waals surface area contributed by atoms with Gasteiger partial charge in [0.05, 0.1) is 22.2 Å². The van der Waals surface area contributed by atoms with Gasteiger partial charge in [-0.1, -0.05) is 29.8 Å². The highest BCUT2D eigenvalue weighted by Crippen LogP contribution is 2.41. The number of anilines is 1. The number of hydrogen-bond acceptors (Lipinski definition) is 4. The molecule has 4 rings (SSSR count). The lowest BCUT2D eigenvalue weighted by molar-refractivity contribution is 0.0997. The molecule has 0 bridgehead atoms. The monoisotopic (exact) mass is 412 g/mol. The van der Waals surface area contributed by atoms with Crippen LogP contribution < -0.4 is 15.0 Å². The van der Waals surface area contributed by atoms with Crippen molar-refractivity contribution in [3.63, 3.8) is 0 Å². The highest BCUT2D eigenvalue weighted by Gasteiger charge is 2.24. The van der Waals surface area contributed by atoms with Crippen LogP contribution in [-0.4, -0.2) is 26.6 Å². The molecule has 0 spiro atoms. The van der Waals surface area contributed by atoms with Crippen molar-refractivity contribution < 1.29 is 9.53 Å². The predicted molar refractivity (Wildman–Crippen MR) is 116 cm³/mol. The van der Waals surface area contributed by atoms with E-state index in [1.807, 2.05) is 31.3 Å². The molecular formula is C22H21ClN2O2S. The Labute approximate surface area is 173 Å². The standard InChI is InChI=1S/C22H21ClN2O2S/c1-24-13-14-7-8-16-19(11-14)27-10-9-15-12-20(28-21(15)16)22(26)25(2)18-6-4-3-5-17(18)23/h3-8,11-12,24H,9-10,13H2,1-2H3. The fourth-order valence-corrected chi connectivity index (χ4v) is 4.88. The van der Waals surface area contributed by atoms with E-state index in [0.29, 0.717) is 22.2 Å². The van der Waals surface area contributed by atoms with E-state index in [1.165, 1.54) is 16.9 Å². The van der Waals surface area contributed by atoms with Crippen molar-refractivity contribution in [3.05, 3.63) is 69.6 Å². The SMILES string of the molecule is CNCc1ccc2c(c1)OCCc1cc(C(=O)N(C)c3ccccc3Cl)sc1-2. The Kier molecular flexibility index (Phi) is 5.40. The molecule has 1 aliphatic heterocycles. The second-order valence-corrected chi connectivity index (χ2v) is 8.20. The molecule has 1 N–H and O–H groups in total. The van der Waals surface area contributed by atoms with Crippen LogP contribution in [0.1, 0.15) is 20.8 Å². The number of nitrogens with one attached hydrogen (secondary N) is 1. The van der Waals surface area contributed by atoms with E-state index >= 15 is 0 Å². The number of benzene rings is 2. The van der Waals surface area contributed by atoms with E-state index in [1.54, 1.807) is 18.0 Å². The summed E-state index contributed by atoms with van der Waals surface area (Å²) in [5, 5.41) is 3.73. The van der Waals surface area contributed by atoms with Crippen molar-refractivity contribution in [1.29, 1.82) is 0 Å². The number of para-hydroxylation sites is 1. The van der Waals surface area contributed by atoms with Crippen LogP contribution in [0.2, 0.25) is 5.02 Å². The zero-order valence-electron chi connectivity index (χ0n) is 15.8. The Hall–Kier alpha value is -2.34. The normalized spacial score (nSPS) is 12.5. The first kappa shape index (κ1) is 19.0. The second-order valence-electron chi connectivity index (χ2n) is 6.74. The van der Waals surface area contributed by atoms with Gasteiger partial charge in [0, 0.05) is 30.5 Å². The molecule has 0 saturated heterocycles. The average Bonchev–Trinajstić information content (AvgIpc) is 3.04. The van der Waals surface area contributed by atoms with Crippen LogP contribution in [0.15, 0.2) is 48.5 Å². The summed E-state index contributed by atoms with van der Waals surface area (Å²) in [4.78, 5) is 16.5. The number of nitrogens with zero attached hydrogens (tertiary/aromatic N) is 1. The van der Waals surface area contributed by atoms with Crippen LogP contribution in [0.4, 0.5) is 5.69 Å². The Morgan fingerprint density at radius 1 is 1.25 bits per heavy atom. The maximum atomic E-state index is 13.1. The minimum absolute atomic E-state index is 0.0551. The quantitative estimate of drug-likeness (QED) is 0.655. The van der Waals surface area contributed by atoms with Crippen molar-refractivity contribution >= 4 is 34.5 Å². The molecule has 4 nitrogen and oxygen atoms in total. The van der Waals surface area contributed by atoms with Gasteiger partial charge in [0.25, 0.3) is 5.91 Å². The molecule has 0 radical (unpaired) electrons. The number of fused-ring (bicyclic) bond motifs is 3. The van der Waals surface area contributed by atoms with Gasteiger partial charge in [0.2, 0.25) is 0 Å². The summed E-state index contributed by atoms with van der Waals surface area (Å²) in [6, 6.07) is 15.7. The number of carbonyl (C=O) groups excluding carboxylic acids is 1. The fraction of sp³-hybridized carbons (Fsp3) is 0.227. The minimum Gasteiger partial charge on any atom is -0.493 e. The summed E-state index contributed by atoms with van der Waals surface area (Å²) < 4.78 is 5.98. The summed E-state index contributed by atoms with van der Waals surface area (Å²) in [5.74, 6) is 0.826. The second kappa shape index (κ2) is 7.95. The van der Waals surface area contributed by atoms with Crippen molar-refractivity contribution in [2.45, 2.75) is 13.0 Å². The topological polar surface area (TPSA) is 41.6 Å². The van der Waals surface area contributed by atoms with Crippen molar-refractivity contribution in [2.24, 2.45) is 0 Å². The molecule has 144 valence electrons. The third-order valence-electron chi connectivity index (χ3n) is 4.84. The summed E-state index contributed by atoms with van der Waals surface area (Å²) in [5.41, 5.74) is 4.09. The van der Waals surface area contributed by atoms with E-state index < -0.39 is 0 Å². The van der Waals surface area contributed by atoms with Gasteiger partial charge >= 0.3 is 0 Å². The molecule has 2 aromatic carbocycles. The van der Waals surface area contributed by atoms with Crippen LogP contribution in [-0.2, 0) is 13.0 Å². The Morgan fingerprint density at radius 2 is 2.07 bits per heavy atom.